The van der Waals surface area contributed by atoms with E-state index in [9.17, 15) is 22.4 Å². The zero-order valence-corrected chi connectivity index (χ0v) is 19.8. The zero-order chi connectivity index (χ0) is 24.5. The molecule has 1 fully saturated rings. The lowest BCUT2D eigenvalue weighted by Gasteiger charge is -2.32. The fourth-order valence-electron chi connectivity index (χ4n) is 4.51. The third-order valence-electron chi connectivity index (χ3n) is 6.20. The number of hydrogen-bond donors (Lipinski definition) is 1. The van der Waals surface area contributed by atoms with Crippen LogP contribution in [-0.4, -0.2) is 41.4 Å². The van der Waals surface area contributed by atoms with E-state index in [2.05, 4.69) is 20.7 Å². The quantitative estimate of drug-likeness (QED) is 0.416. The number of carbonyl (C=O) groups excluding carboxylic acids is 1. The molecule has 0 saturated carbocycles. The lowest BCUT2D eigenvalue weighted by molar-refractivity contribution is -0.325. The smallest absolute Gasteiger partial charge is 0.344 e. The van der Waals surface area contributed by atoms with Crippen molar-refractivity contribution in [3.8, 4) is 0 Å². The molecular formula is C24H24BrF4N3O2. The number of aromatic nitrogens is 1. The number of piperidine rings is 1. The van der Waals surface area contributed by atoms with Crippen LogP contribution in [-0.2, 0) is 17.8 Å². The molecule has 10 heteroatoms. The summed E-state index contributed by atoms with van der Waals surface area (Å²) in [6.45, 7) is 0.608. The van der Waals surface area contributed by atoms with Crippen molar-refractivity contribution in [2.75, 3.05) is 19.7 Å². The van der Waals surface area contributed by atoms with Crippen LogP contribution in [0.1, 0.15) is 40.2 Å². The van der Waals surface area contributed by atoms with Gasteiger partial charge >= 0.3 is 6.36 Å². The number of halogens is 5. The van der Waals surface area contributed by atoms with Crippen LogP contribution in [0.15, 0.2) is 47.1 Å². The van der Waals surface area contributed by atoms with Gasteiger partial charge in [-0.1, -0.05) is 34.1 Å². The summed E-state index contributed by atoms with van der Waals surface area (Å²) in [5.41, 5.74) is 8.22. The fourth-order valence-corrected chi connectivity index (χ4v) is 5.08. The van der Waals surface area contributed by atoms with Gasteiger partial charge in [0.2, 0.25) is 0 Å². The number of rotatable bonds is 6. The van der Waals surface area contributed by atoms with E-state index in [1.54, 1.807) is 46.0 Å². The largest absolute Gasteiger partial charge is 0.522 e. The van der Waals surface area contributed by atoms with E-state index in [0.717, 1.165) is 5.56 Å². The zero-order valence-electron chi connectivity index (χ0n) is 18.2. The molecule has 182 valence electrons. The summed E-state index contributed by atoms with van der Waals surface area (Å²) in [6.07, 6.45) is -1.92. The van der Waals surface area contributed by atoms with E-state index in [0.29, 0.717) is 59.0 Å². The van der Waals surface area contributed by atoms with E-state index >= 15 is 0 Å². The molecule has 0 bridgehead atoms. The highest BCUT2D eigenvalue weighted by Gasteiger charge is 2.30. The molecule has 2 heterocycles. The van der Waals surface area contributed by atoms with Gasteiger partial charge in [-0.05, 0) is 48.1 Å². The maximum Gasteiger partial charge on any atom is 0.522 e. The van der Waals surface area contributed by atoms with Crippen molar-refractivity contribution in [3.05, 3.63) is 69.6 Å². The number of ether oxygens (including phenoxy) is 1. The average molecular weight is 542 g/mol. The van der Waals surface area contributed by atoms with Crippen molar-refractivity contribution < 1.29 is 27.1 Å². The Balaban J connectivity index is 1.52. The molecule has 4 rings (SSSR count). The van der Waals surface area contributed by atoms with Crippen LogP contribution in [0.3, 0.4) is 0 Å². The van der Waals surface area contributed by atoms with Crippen molar-refractivity contribution >= 4 is 32.7 Å². The topological polar surface area (TPSA) is 60.5 Å². The normalized spacial score (nSPS) is 15.3. The van der Waals surface area contributed by atoms with Crippen molar-refractivity contribution in [2.24, 2.45) is 5.73 Å². The molecule has 1 aliphatic rings. The second kappa shape index (κ2) is 10.1. The molecule has 1 aromatic heterocycles. The summed E-state index contributed by atoms with van der Waals surface area (Å²) in [7, 11) is 0. The van der Waals surface area contributed by atoms with Crippen molar-refractivity contribution in [3.63, 3.8) is 0 Å². The summed E-state index contributed by atoms with van der Waals surface area (Å²) in [4.78, 5) is 15.1. The lowest BCUT2D eigenvalue weighted by atomic mass is 9.88. The molecule has 0 aliphatic carbocycles. The minimum Gasteiger partial charge on any atom is -0.344 e. The summed E-state index contributed by atoms with van der Waals surface area (Å²) < 4.78 is 57.8. The molecule has 2 N–H and O–H groups in total. The van der Waals surface area contributed by atoms with Gasteiger partial charge < -0.3 is 15.2 Å². The molecule has 1 aliphatic heterocycles. The minimum absolute atomic E-state index is 0.0110. The number of carbonyl (C=O) groups is 1. The Bertz CT molecular complexity index is 1190. The summed E-state index contributed by atoms with van der Waals surface area (Å²) in [5.74, 6) is -0.486. The van der Waals surface area contributed by atoms with Crippen LogP contribution in [0.25, 0.3) is 10.9 Å². The van der Waals surface area contributed by atoms with Crippen LogP contribution in [0.2, 0.25) is 0 Å². The number of fused-ring (bicyclic) bond motifs is 1. The van der Waals surface area contributed by atoms with Crippen LogP contribution < -0.4 is 5.73 Å². The van der Waals surface area contributed by atoms with Gasteiger partial charge in [-0.3, -0.25) is 9.53 Å². The van der Waals surface area contributed by atoms with Crippen molar-refractivity contribution in [1.82, 2.24) is 9.47 Å². The first-order valence-electron chi connectivity index (χ1n) is 10.9. The molecule has 1 saturated heterocycles. The predicted molar refractivity (Wildman–Crippen MR) is 124 cm³/mol. The molecule has 34 heavy (non-hydrogen) atoms. The van der Waals surface area contributed by atoms with E-state index < -0.39 is 13.0 Å². The number of hydrogen-bond acceptors (Lipinski definition) is 3. The number of nitrogens with two attached hydrogens (primary N) is 1. The average Bonchev–Trinajstić information content (AvgIpc) is 3.18. The fraction of sp³-hybridized carbons (Fsp3) is 0.375. The Morgan fingerprint density at radius 1 is 1.18 bits per heavy atom. The molecule has 0 unspecified atom stereocenters. The highest BCUT2D eigenvalue weighted by molar-refractivity contribution is 9.10. The Kier molecular flexibility index (Phi) is 7.30. The van der Waals surface area contributed by atoms with E-state index in [-0.39, 0.29) is 24.2 Å². The summed E-state index contributed by atoms with van der Waals surface area (Å²) >= 11 is 3.47. The van der Waals surface area contributed by atoms with Crippen LogP contribution >= 0.6 is 15.9 Å². The predicted octanol–water partition coefficient (Wildman–Crippen LogP) is 5.56. The van der Waals surface area contributed by atoms with Gasteiger partial charge in [0.05, 0.1) is 17.7 Å². The number of alkyl halides is 3. The van der Waals surface area contributed by atoms with Crippen LogP contribution in [0.4, 0.5) is 17.6 Å². The van der Waals surface area contributed by atoms with Gasteiger partial charge in [0.25, 0.3) is 5.91 Å². The number of nitrogens with zero attached hydrogens (tertiary/aromatic N) is 2. The van der Waals surface area contributed by atoms with Crippen molar-refractivity contribution in [1.29, 1.82) is 0 Å². The Labute approximate surface area is 202 Å². The Hall–Kier alpha value is -2.43. The minimum atomic E-state index is -4.71. The monoisotopic (exact) mass is 541 g/mol. The number of amides is 1. The van der Waals surface area contributed by atoms with E-state index in [1.165, 1.54) is 6.07 Å². The molecule has 0 spiro atoms. The molecule has 5 nitrogen and oxygen atoms in total. The SMILES string of the molecule is NCc1ccc(F)c(C2CCN(C(=O)c3cn(CCOC(F)(F)F)c4cccc(Br)c34)CC2)c1. The molecule has 0 radical (unpaired) electrons. The maximum absolute atomic E-state index is 14.4. The second-order valence-electron chi connectivity index (χ2n) is 8.29. The van der Waals surface area contributed by atoms with Crippen molar-refractivity contribution in [2.45, 2.75) is 38.2 Å². The highest BCUT2D eigenvalue weighted by Crippen LogP contribution is 2.34. The first-order valence-corrected chi connectivity index (χ1v) is 11.7. The molecule has 2 aromatic carbocycles. The molecule has 1 amide bonds. The first-order chi connectivity index (χ1) is 16.2. The van der Waals surface area contributed by atoms with Gasteiger partial charge in [0.15, 0.2) is 0 Å². The third-order valence-corrected chi connectivity index (χ3v) is 6.86. The van der Waals surface area contributed by atoms with E-state index in [1.807, 2.05) is 0 Å². The maximum atomic E-state index is 14.4. The Morgan fingerprint density at radius 3 is 2.59 bits per heavy atom. The van der Waals surface area contributed by atoms with E-state index in [4.69, 9.17) is 5.73 Å². The Morgan fingerprint density at radius 2 is 1.91 bits per heavy atom. The number of benzene rings is 2. The summed E-state index contributed by atoms with van der Waals surface area (Å²) in [6, 6.07) is 10.2. The molecule has 3 aromatic rings. The number of likely N-dealkylation sites (tertiary alicyclic amines) is 1. The lowest BCUT2D eigenvalue weighted by Crippen LogP contribution is -2.38. The van der Waals surface area contributed by atoms with Crippen LogP contribution in [0, 0.1) is 5.82 Å². The molecular weight excluding hydrogens is 518 g/mol. The highest BCUT2D eigenvalue weighted by atomic mass is 79.9. The third kappa shape index (κ3) is 5.29. The van der Waals surface area contributed by atoms with Crippen LogP contribution in [0.5, 0.6) is 0 Å². The first kappa shape index (κ1) is 24.7. The van der Waals surface area contributed by atoms with Gasteiger partial charge in [0, 0.05) is 42.2 Å². The second-order valence-corrected chi connectivity index (χ2v) is 9.15. The van der Waals surface area contributed by atoms with Gasteiger partial charge in [-0.25, -0.2) is 4.39 Å². The van der Waals surface area contributed by atoms with Gasteiger partial charge in [0.1, 0.15) is 5.82 Å². The molecule has 0 atom stereocenters. The summed E-state index contributed by atoms with van der Waals surface area (Å²) in [5, 5.41) is 0.642. The van der Waals surface area contributed by atoms with Gasteiger partial charge in [-0.2, -0.15) is 0 Å². The standard InChI is InChI=1S/C24H24BrF4N3O2/c25-19-2-1-3-21-22(19)18(14-32(21)10-11-34-24(27,28)29)23(33)31-8-6-16(7-9-31)17-12-15(13-30)4-5-20(17)26/h1-5,12,14,16H,6-11,13,30H2. The van der Waals surface area contributed by atoms with Gasteiger partial charge in [-0.15, -0.1) is 13.2 Å².